The number of nitrogens with two attached hydrogens (primary N) is 1. The van der Waals surface area contributed by atoms with E-state index in [1.807, 2.05) is 0 Å². The zero-order chi connectivity index (χ0) is 9.42. The standard InChI is InChI=1S/C10H21N3/c1-12(2)13-9-4-3-5-10(13)7-8(11)6-9/h8-10H,3-7,11H2,1-2H3. The molecule has 0 aromatic rings. The van der Waals surface area contributed by atoms with Gasteiger partial charge in [-0.2, -0.15) is 0 Å². The molecule has 0 saturated carbocycles. The maximum atomic E-state index is 6.04. The molecule has 0 aromatic heterocycles. The van der Waals surface area contributed by atoms with Gasteiger partial charge in [0.2, 0.25) is 0 Å². The summed E-state index contributed by atoms with van der Waals surface area (Å²) in [7, 11) is 4.31. The Bertz CT molecular complexity index is 167. The highest BCUT2D eigenvalue weighted by Crippen LogP contribution is 2.33. The van der Waals surface area contributed by atoms with Crippen LogP contribution in [0.2, 0.25) is 0 Å². The van der Waals surface area contributed by atoms with E-state index in [9.17, 15) is 0 Å². The Labute approximate surface area is 80.8 Å². The Kier molecular flexibility index (Phi) is 2.58. The van der Waals surface area contributed by atoms with Crippen LogP contribution >= 0.6 is 0 Å². The quantitative estimate of drug-likeness (QED) is 0.653. The van der Waals surface area contributed by atoms with Crippen LogP contribution in [0.4, 0.5) is 0 Å². The van der Waals surface area contributed by atoms with Crippen molar-refractivity contribution >= 4 is 0 Å². The molecule has 76 valence electrons. The summed E-state index contributed by atoms with van der Waals surface area (Å²) in [5, 5.41) is 4.81. The first-order valence-corrected chi connectivity index (χ1v) is 5.39. The van der Waals surface area contributed by atoms with Crippen LogP contribution < -0.4 is 5.73 Å². The molecule has 2 rings (SSSR count). The molecule has 2 aliphatic heterocycles. The van der Waals surface area contributed by atoms with E-state index in [1.54, 1.807) is 0 Å². The molecule has 2 aliphatic rings. The average molecular weight is 183 g/mol. The minimum absolute atomic E-state index is 0.450. The van der Waals surface area contributed by atoms with Gasteiger partial charge in [0.05, 0.1) is 0 Å². The van der Waals surface area contributed by atoms with E-state index < -0.39 is 0 Å². The van der Waals surface area contributed by atoms with Crippen molar-refractivity contribution in [2.45, 2.75) is 50.2 Å². The highest BCUT2D eigenvalue weighted by Gasteiger charge is 2.37. The molecule has 0 spiro atoms. The first kappa shape index (κ1) is 9.44. The largest absolute Gasteiger partial charge is 0.328 e. The number of fused-ring (bicyclic) bond motifs is 2. The van der Waals surface area contributed by atoms with Crippen LogP contribution in [0, 0.1) is 0 Å². The van der Waals surface area contributed by atoms with E-state index in [0.717, 1.165) is 12.1 Å². The van der Waals surface area contributed by atoms with Gasteiger partial charge in [0.25, 0.3) is 0 Å². The molecule has 13 heavy (non-hydrogen) atoms. The number of hydrazine groups is 1. The summed E-state index contributed by atoms with van der Waals surface area (Å²) in [6.45, 7) is 0. The van der Waals surface area contributed by atoms with Crippen LogP contribution in [-0.4, -0.2) is 42.2 Å². The third kappa shape index (κ3) is 1.73. The summed E-state index contributed by atoms with van der Waals surface area (Å²) in [6.07, 6.45) is 6.44. The maximum absolute atomic E-state index is 6.04. The van der Waals surface area contributed by atoms with Gasteiger partial charge in [0, 0.05) is 32.2 Å². The summed E-state index contributed by atoms with van der Waals surface area (Å²) in [4.78, 5) is 0. The van der Waals surface area contributed by atoms with Crippen LogP contribution in [-0.2, 0) is 0 Å². The van der Waals surface area contributed by atoms with Crippen LogP contribution in [0.3, 0.4) is 0 Å². The van der Waals surface area contributed by atoms with Crippen molar-refractivity contribution in [1.29, 1.82) is 0 Å². The molecule has 2 saturated heterocycles. The molecule has 0 radical (unpaired) electrons. The third-order valence-electron chi connectivity index (χ3n) is 3.43. The molecule has 0 aromatic carbocycles. The van der Waals surface area contributed by atoms with Gasteiger partial charge in [-0.15, -0.1) is 0 Å². The average Bonchev–Trinajstić information content (AvgIpc) is 2.01. The van der Waals surface area contributed by atoms with E-state index in [2.05, 4.69) is 24.1 Å². The Hall–Kier alpha value is -0.120. The summed E-state index contributed by atoms with van der Waals surface area (Å²) >= 11 is 0. The Morgan fingerprint density at radius 3 is 2.15 bits per heavy atom. The second-order valence-corrected chi connectivity index (χ2v) is 4.70. The minimum atomic E-state index is 0.450. The van der Waals surface area contributed by atoms with Crippen molar-refractivity contribution in [3.63, 3.8) is 0 Å². The number of piperidine rings is 2. The highest BCUT2D eigenvalue weighted by molar-refractivity contribution is 4.92. The Morgan fingerprint density at radius 1 is 1.15 bits per heavy atom. The SMILES string of the molecule is CN(C)N1C2CCCC1CC(N)C2. The molecule has 3 nitrogen and oxygen atoms in total. The zero-order valence-electron chi connectivity index (χ0n) is 8.74. The fourth-order valence-electron chi connectivity index (χ4n) is 3.05. The maximum Gasteiger partial charge on any atom is 0.0263 e. The van der Waals surface area contributed by atoms with Crippen molar-refractivity contribution in [2.24, 2.45) is 5.73 Å². The Morgan fingerprint density at radius 2 is 1.69 bits per heavy atom. The van der Waals surface area contributed by atoms with Crippen molar-refractivity contribution < 1.29 is 0 Å². The lowest BCUT2D eigenvalue weighted by Crippen LogP contribution is -2.59. The number of nitrogens with zero attached hydrogens (tertiary/aromatic N) is 2. The normalized spacial score (nSPS) is 41.1. The topological polar surface area (TPSA) is 32.5 Å². The predicted octanol–water partition coefficient (Wildman–Crippen LogP) is 0.807. The van der Waals surface area contributed by atoms with Gasteiger partial charge in [0.1, 0.15) is 0 Å². The lowest BCUT2D eigenvalue weighted by molar-refractivity contribution is -0.109. The predicted molar refractivity (Wildman–Crippen MR) is 54.2 cm³/mol. The van der Waals surface area contributed by atoms with Gasteiger partial charge in [-0.25, -0.2) is 10.0 Å². The highest BCUT2D eigenvalue weighted by atomic mass is 15.6. The first-order chi connectivity index (χ1) is 6.18. The summed E-state index contributed by atoms with van der Waals surface area (Å²) < 4.78 is 0. The third-order valence-corrected chi connectivity index (χ3v) is 3.43. The van der Waals surface area contributed by atoms with E-state index in [0.29, 0.717) is 6.04 Å². The molecule has 0 aliphatic carbocycles. The minimum Gasteiger partial charge on any atom is -0.328 e. The Balaban J connectivity index is 2.10. The van der Waals surface area contributed by atoms with Crippen LogP contribution in [0.1, 0.15) is 32.1 Å². The van der Waals surface area contributed by atoms with Crippen molar-refractivity contribution in [2.75, 3.05) is 14.1 Å². The zero-order valence-corrected chi connectivity index (χ0v) is 8.74. The number of rotatable bonds is 1. The van der Waals surface area contributed by atoms with Crippen LogP contribution in [0.15, 0.2) is 0 Å². The van der Waals surface area contributed by atoms with E-state index in [1.165, 1.54) is 32.1 Å². The van der Waals surface area contributed by atoms with Gasteiger partial charge >= 0.3 is 0 Å². The van der Waals surface area contributed by atoms with Crippen molar-refractivity contribution in [1.82, 2.24) is 10.0 Å². The van der Waals surface area contributed by atoms with Crippen LogP contribution in [0.5, 0.6) is 0 Å². The smallest absolute Gasteiger partial charge is 0.0263 e. The lowest BCUT2D eigenvalue weighted by atomic mass is 9.83. The number of hydrogen-bond donors (Lipinski definition) is 1. The molecule has 3 heteroatoms. The molecular formula is C10H21N3. The monoisotopic (exact) mass is 183 g/mol. The lowest BCUT2D eigenvalue weighted by Gasteiger charge is -2.50. The van der Waals surface area contributed by atoms with Crippen LogP contribution in [0.25, 0.3) is 0 Å². The fraction of sp³-hybridized carbons (Fsp3) is 1.00. The molecule has 2 atom stereocenters. The number of hydrogen-bond acceptors (Lipinski definition) is 3. The van der Waals surface area contributed by atoms with Gasteiger partial charge in [-0.05, 0) is 25.7 Å². The van der Waals surface area contributed by atoms with Gasteiger partial charge in [0.15, 0.2) is 0 Å². The first-order valence-electron chi connectivity index (χ1n) is 5.39. The molecule has 2 bridgehead atoms. The van der Waals surface area contributed by atoms with Gasteiger partial charge in [-0.3, -0.25) is 0 Å². The second-order valence-electron chi connectivity index (χ2n) is 4.70. The van der Waals surface area contributed by atoms with Gasteiger partial charge in [-0.1, -0.05) is 6.42 Å². The molecule has 2 unspecified atom stereocenters. The molecular weight excluding hydrogens is 162 g/mol. The van der Waals surface area contributed by atoms with E-state index in [-0.39, 0.29) is 0 Å². The second kappa shape index (κ2) is 3.56. The fourth-order valence-corrected chi connectivity index (χ4v) is 3.05. The molecule has 2 fully saturated rings. The van der Waals surface area contributed by atoms with E-state index >= 15 is 0 Å². The van der Waals surface area contributed by atoms with Gasteiger partial charge < -0.3 is 5.73 Å². The summed E-state index contributed by atoms with van der Waals surface area (Å²) in [5.41, 5.74) is 6.04. The van der Waals surface area contributed by atoms with Crippen molar-refractivity contribution in [3.05, 3.63) is 0 Å². The molecule has 2 heterocycles. The molecule has 2 N–H and O–H groups in total. The van der Waals surface area contributed by atoms with Crippen molar-refractivity contribution in [3.8, 4) is 0 Å². The molecule has 0 amide bonds. The van der Waals surface area contributed by atoms with E-state index in [4.69, 9.17) is 5.73 Å². The summed E-state index contributed by atoms with van der Waals surface area (Å²) in [6, 6.07) is 1.89. The summed E-state index contributed by atoms with van der Waals surface area (Å²) in [5.74, 6) is 0.